The molecule has 0 aliphatic rings. The minimum atomic E-state index is -2.06. The van der Waals surface area contributed by atoms with Crippen LogP contribution < -0.4 is 16.0 Å². The minimum Gasteiger partial charge on any atom is -0.479 e. The van der Waals surface area contributed by atoms with Crippen molar-refractivity contribution in [2.45, 2.75) is 11.2 Å². The number of aliphatic carboxylic acids is 1. The summed E-state index contributed by atoms with van der Waals surface area (Å²) in [6, 6.07) is 0. The van der Waals surface area contributed by atoms with Crippen molar-refractivity contribution in [3.8, 4) is 0 Å². The number of aliphatic hydroxyl groups is 5. The Balaban J connectivity index is 5.66. The van der Waals surface area contributed by atoms with Gasteiger partial charge >= 0.3 is 5.97 Å². The van der Waals surface area contributed by atoms with Crippen molar-refractivity contribution in [1.29, 1.82) is 0 Å². The number of carboxylic acid groups (broad SMARTS) is 1. The quantitative estimate of drug-likeness (QED) is 0.150. The maximum atomic E-state index is 11.7. The SMILES string of the molecule is O=C(O)C(NCCO)(NCCO)C(CO)(CO)NCCO. The van der Waals surface area contributed by atoms with Crippen LogP contribution in [0.25, 0.3) is 0 Å². The van der Waals surface area contributed by atoms with Gasteiger partial charge in [-0.1, -0.05) is 0 Å². The lowest BCUT2D eigenvalue weighted by Gasteiger charge is -2.47. The second-order valence-electron chi connectivity index (χ2n) is 4.40. The third-order valence-corrected chi connectivity index (χ3v) is 3.16. The number of carboxylic acids is 1. The summed E-state index contributed by atoms with van der Waals surface area (Å²) in [5.74, 6) is -1.45. The number of rotatable bonds is 13. The summed E-state index contributed by atoms with van der Waals surface area (Å²) in [6.07, 6.45) is 0. The predicted octanol–water partition coefficient (Wildman–Crippen LogP) is -4.76. The summed E-state index contributed by atoms with van der Waals surface area (Å²) in [6.45, 7) is -2.96. The fourth-order valence-corrected chi connectivity index (χ4v) is 2.07. The Kier molecular flexibility index (Phi) is 9.57. The van der Waals surface area contributed by atoms with Gasteiger partial charge in [-0.2, -0.15) is 0 Å². The van der Waals surface area contributed by atoms with E-state index in [1.807, 2.05) is 0 Å². The van der Waals surface area contributed by atoms with E-state index in [-0.39, 0.29) is 39.5 Å². The van der Waals surface area contributed by atoms with Crippen LogP contribution >= 0.6 is 0 Å². The number of aliphatic hydroxyl groups excluding tert-OH is 5. The van der Waals surface area contributed by atoms with E-state index >= 15 is 0 Å². The van der Waals surface area contributed by atoms with Gasteiger partial charge in [-0.15, -0.1) is 0 Å². The summed E-state index contributed by atoms with van der Waals surface area (Å²) in [5, 5.41) is 63.2. The second-order valence-corrected chi connectivity index (χ2v) is 4.40. The predicted molar refractivity (Wildman–Crippen MR) is 72.5 cm³/mol. The molecule has 0 saturated carbocycles. The molecule has 0 aromatic rings. The Morgan fingerprint density at radius 2 is 1.14 bits per heavy atom. The summed E-state index contributed by atoms with van der Waals surface area (Å²) < 4.78 is 0. The van der Waals surface area contributed by atoms with Crippen LogP contribution in [0.4, 0.5) is 0 Å². The maximum absolute atomic E-state index is 11.7. The van der Waals surface area contributed by atoms with Gasteiger partial charge in [0.2, 0.25) is 0 Å². The van der Waals surface area contributed by atoms with Crippen LogP contribution in [-0.4, -0.2) is 100 Å². The number of hydrogen-bond acceptors (Lipinski definition) is 9. The van der Waals surface area contributed by atoms with Crippen molar-refractivity contribution < 1.29 is 35.4 Å². The molecule has 10 nitrogen and oxygen atoms in total. The van der Waals surface area contributed by atoms with E-state index in [9.17, 15) is 20.1 Å². The van der Waals surface area contributed by atoms with E-state index in [1.54, 1.807) is 0 Å². The number of nitrogens with one attached hydrogen (secondary N) is 3. The number of β-amino-alcohol motifs (C(OH)–C–C–N with tert-alkyl or cyclic N) is 1. The van der Waals surface area contributed by atoms with E-state index in [0.29, 0.717) is 0 Å². The lowest BCUT2D eigenvalue weighted by Crippen LogP contribution is -2.82. The van der Waals surface area contributed by atoms with E-state index in [4.69, 9.17) is 15.3 Å². The summed E-state index contributed by atoms with van der Waals surface area (Å²) in [4.78, 5) is 11.7. The van der Waals surface area contributed by atoms with Crippen LogP contribution in [0.2, 0.25) is 0 Å². The average molecular weight is 311 g/mol. The molecule has 21 heavy (non-hydrogen) atoms. The second kappa shape index (κ2) is 9.97. The maximum Gasteiger partial charge on any atom is 0.341 e. The van der Waals surface area contributed by atoms with Crippen LogP contribution in [0.15, 0.2) is 0 Å². The molecule has 0 fully saturated rings. The van der Waals surface area contributed by atoms with Gasteiger partial charge in [0.25, 0.3) is 0 Å². The molecule has 0 aromatic heterocycles. The summed E-state index contributed by atoms with van der Waals surface area (Å²) in [7, 11) is 0. The van der Waals surface area contributed by atoms with Crippen LogP contribution in [0.5, 0.6) is 0 Å². The molecule has 0 heterocycles. The molecule has 0 atom stereocenters. The van der Waals surface area contributed by atoms with Gasteiger partial charge in [-0.25, -0.2) is 4.79 Å². The minimum absolute atomic E-state index is 0.0717. The van der Waals surface area contributed by atoms with Gasteiger partial charge in [0.1, 0.15) is 5.54 Å². The third-order valence-electron chi connectivity index (χ3n) is 3.16. The van der Waals surface area contributed by atoms with Crippen molar-refractivity contribution in [2.24, 2.45) is 0 Å². The van der Waals surface area contributed by atoms with Gasteiger partial charge < -0.3 is 36.0 Å². The summed E-state index contributed by atoms with van der Waals surface area (Å²) >= 11 is 0. The Labute approximate surface area is 122 Å². The summed E-state index contributed by atoms with van der Waals surface area (Å²) in [5.41, 5.74) is -3.83. The van der Waals surface area contributed by atoms with Crippen molar-refractivity contribution >= 4 is 5.97 Å². The van der Waals surface area contributed by atoms with Crippen LogP contribution in [0.1, 0.15) is 0 Å². The lowest BCUT2D eigenvalue weighted by atomic mass is 9.83. The van der Waals surface area contributed by atoms with Crippen molar-refractivity contribution in [3.05, 3.63) is 0 Å². The molecule has 0 amide bonds. The highest BCUT2D eigenvalue weighted by atomic mass is 16.4. The highest BCUT2D eigenvalue weighted by Gasteiger charge is 2.56. The Bertz CT molecular complexity index is 292. The standard InChI is InChI=1S/C11H25N3O7/c15-4-1-12-10(7-18,8-19)11(9(20)21,13-2-5-16)14-3-6-17/h12-19H,1-8H2,(H,20,21). The highest BCUT2D eigenvalue weighted by Crippen LogP contribution is 2.20. The highest BCUT2D eigenvalue weighted by molar-refractivity contribution is 5.80. The molecule has 0 saturated heterocycles. The van der Waals surface area contributed by atoms with Crippen molar-refractivity contribution in [3.63, 3.8) is 0 Å². The zero-order valence-corrected chi connectivity index (χ0v) is 11.7. The molecular formula is C11H25N3O7. The zero-order valence-electron chi connectivity index (χ0n) is 11.7. The topological polar surface area (TPSA) is 175 Å². The van der Waals surface area contributed by atoms with Gasteiger partial charge in [-0.05, 0) is 0 Å². The van der Waals surface area contributed by atoms with E-state index < -0.39 is 30.4 Å². The van der Waals surface area contributed by atoms with Gasteiger partial charge in [0, 0.05) is 19.6 Å². The van der Waals surface area contributed by atoms with Gasteiger partial charge in [0.15, 0.2) is 5.66 Å². The lowest BCUT2D eigenvalue weighted by molar-refractivity contribution is -0.155. The molecule has 0 radical (unpaired) electrons. The van der Waals surface area contributed by atoms with Crippen molar-refractivity contribution in [1.82, 2.24) is 16.0 Å². The molecule has 0 spiro atoms. The first-order valence-electron chi connectivity index (χ1n) is 6.53. The fraction of sp³-hybridized carbons (Fsp3) is 0.909. The first-order chi connectivity index (χ1) is 10.00. The van der Waals surface area contributed by atoms with Crippen LogP contribution in [0.3, 0.4) is 0 Å². The molecule has 0 aliphatic carbocycles. The number of hydrogen-bond donors (Lipinski definition) is 9. The van der Waals surface area contributed by atoms with E-state index in [2.05, 4.69) is 16.0 Å². The molecule has 0 unspecified atom stereocenters. The monoisotopic (exact) mass is 311 g/mol. The first-order valence-corrected chi connectivity index (χ1v) is 6.53. The van der Waals surface area contributed by atoms with Gasteiger partial charge in [0.05, 0.1) is 33.0 Å². The normalized spacial score (nSPS) is 12.6. The van der Waals surface area contributed by atoms with Crippen molar-refractivity contribution in [2.75, 3.05) is 52.7 Å². The van der Waals surface area contributed by atoms with Crippen LogP contribution in [0, 0.1) is 0 Å². The smallest absolute Gasteiger partial charge is 0.341 e. The Morgan fingerprint density at radius 3 is 1.43 bits per heavy atom. The molecule has 0 bridgehead atoms. The molecular weight excluding hydrogens is 286 g/mol. The Hall–Kier alpha value is -0.850. The number of carbonyl (C=O) groups is 1. The molecule has 9 N–H and O–H groups in total. The van der Waals surface area contributed by atoms with E-state index in [0.717, 1.165) is 0 Å². The fourth-order valence-electron chi connectivity index (χ4n) is 2.07. The molecule has 0 aromatic carbocycles. The molecule has 0 rings (SSSR count). The largest absolute Gasteiger partial charge is 0.479 e. The molecule has 10 heteroatoms. The van der Waals surface area contributed by atoms with Crippen LogP contribution in [-0.2, 0) is 4.79 Å². The average Bonchev–Trinajstić information content (AvgIpc) is 2.50. The molecule has 126 valence electrons. The first kappa shape index (κ1) is 20.1. The molecule has 0 aliphatic heterocycles. The van der Waals surface area contributed by atoms with E-state index in [1.165, 1.54) is 0 Å². The van der Waals surface area contributed by atoms with Gasteiger partial charge in [-0.3, -0.25) is 10.6 Å². The zero-order chi connectivity index (χ0) is 16.4. The Morgan fingerprint density at radius 1 is 0.762 bits per heavy atom. The third kappa shape index (κ3) is 4.56.